The summed E-state index contributed by atoms with van der Waals surface area (Å²) in [4.78, 5) is 15.9. The predicted molar refractivity (Wildman–Crippen MR) is 104 cm³/mol. The number of hydrogen-bond donors (Lipinski definition) is 1. The number of nitrogens with zero attached hydrogens (tertiary/aromatic N) is 2. The van der Waals surface area contributed by atoms with Crippen molar-refractivity contribution in [1.82, 2.24) is 9.55 Å². The normalized spacial score (nSPS) is 13.3. The Labute approximate surface area is 174 Å². The molecule has 0 radical (unpaired) electrons. The molecule has 162 valence electrons. The van der Waals surface area contributed by atoms with Crippen molar-refractivity contribution in [2.24, 2.45) is 0 Å². The number of hydrogen-bond acceptors (Lipinski definition) is 5. The summed E-state index contributed by atoms with van der Waals surface area (Å²) in [5.41, 5.74) is -0.893. The average Bonchev–Trinajstić information content (AvgIpc) is 2.74. The zero-order chi connectivity index (χ0) is 22.0. The van der Waals surface area contributed by atoms with Gasteiger partial charge >= 0.3 is 11.9 Å². The van der Waals surface area contributed by atoms with Crippen LogP contribution in [-0.4, -0.2) is 16.1 Å². The molecule has 0 aliphatic carbocycles. The second-order valence-corrected chi connectivity index (χ2v) is 6.88. The minimum absolute atomic E-state index is 0.0589. The molecule has 2 aromatic carbocycles. The van der Waals surface area contributed by atoms with Crippen LogP contribution in [-0.2, 0) is 19.3 Å². The summed E-state index contributed by atoms with van der Waals surface area (Å²) < 4.78 is 65.1. The van der Waals surface area contributed by atoms with E-state index >= 15 is 0 Å². The van der Waals surface area contributed by atoms with E-state index < -0.39 is 23.2 Å². The van der Waals surface area contributed by atoms with Gasteiger partial charge in [-0.05, 0) is 42.3 Å². The lowest BCUT2D eigenvalue weighted by Crippen LogP contribution is -2.30. The first kappa shape index (κ1) is 20.7. The Hall–Kier alpha value is -3.56. The third kappa shape index (κ3) is 4.79. The van der Waals surface area contributed by atoms with E-state index in [-0.39, 0.29) is 24.0 Å². The topological polar surface area (TPSA) is 65.4 Å². The number of benzene rings is 2. The summed E-state index contributed by atoms with van der Waals surface area (Å²) in [7, 11) is 0. The van der Waals surface area contributed by atoms with E-state index in [1.807, 2.05) is 0 Å². The van der Waals surface area contributed by atoms with Crippen molar-refractivity contribution < 1.29 is 27.0 Å². The smallest absolute Gasteiger partial charge is 0.416 e. The van der Waals surface area contributed by atoms with E-state index in [4.69, 9.17) is 9.47 Å². The highest BCUT2D eigenvalue weighted by molar-refractivity contribution is 5.40. The molecule has 1 aliphatic heterocycles. The fourth-order valence-corrected chi connectivity index (χ4v) is 3.11. The largest absolute Gasteiger partial charge is 0.473 e. The fraction of sp³-hybridized carbons (Fsp3) is 0.238. The predicted octanol–water partition coefficient (Wildman–Crippen LogP) is 4.59. The van der Waals surface area contributed by atoms with Crippen LogP contribution in [0.1, 0.15) is 17.5 Å². The maximum absolute atomic E-state index is 14.4. The summed E-state index contributed by atoms with van der Waals surface area (Å²) in [6, 6.07) is 9.74. The van der Waals surface area contributed by atoms with Crippen molar-refractivity contribution in [3.63, 3.8) is 0 Å². The van der Waals surface area contributed by atoms with E-state index in [0.717, 1.165) is 31.2 Å². The van der Waals surface area contributed by atoms with Crippen LogP contribution in [0.2, 0.25) is 0 Å². The van der Waals surface area contributed by atoms with E-state index in [1.54, 1.807) is 6.07 Å². The first-order chi connectivity index (χ1) is 14.8. The molecule has 0 fully saturated rings. The lowest BCUT2D eigenvalue weighted by molar-refractivity contribution is -0.137. The van der Waals surface area contributed by atoms with Gasteiger partial charge in [-0.1, -0.05) is 12.1 Å². The zero-order valence-corrected chi connectivity index (χ0v) is 16.1. The van der Waals surface area contributed by atoms with Crippen molar-refractivity contribution in [2.75, 3.05) is 11.9 Å². The maximum atomic E-state index is 14.4. The van der Waals surface area contributed by atoms with Gasteiger partial charge in [-0.2, -0.15) is 18.2 Å². The van der Waals surface area contributed by atoms with Crippen molar-refractivity contribution in [2.45, 2.75) is 25.7 Å². The summed E-state index contributed by atoms with van der Waals surface area (Å²) in [6.07, 6.45) is -3.70. The van der Waals surface area contributed by atoms with Gasteiger partial charge in [0.25, 0.3) is 0 Å². The fourth-order valence-electron chi connectivity index (χ4n) is 3.11. The maximum Gasteiger partial charge on any atom is 0.416 e. The van der Waals surface area contributed by atoms with Gasteiger partial charge in [0.15, 0.2) is 11.6 Å². The molecule has 31 heavy (non-hydrogen) atoms. The molecule has 4 rings (SSSR count). The molecule has 10 heteroatoms. The number of fused-ring (bicyclic) bond motifs is 1. The summed E-state index contributed by atoms with van der Waals surface area (Å²) in [5, 5.41) is 3.09. The SMILES string of the molecule is O=c1nc(OCc2ccc(Oc3cccc(C(F)(F)F)c3)c(F)c2)cc2n1CCCN2. The van der Waals surface area contributed by atoms with Crippen molar-refractivity contribution in [1.29, 1.82) is 0 Å². The Morgan fingerprint density at radius 3 is 2.74 bits per heavy atom. The van der Waals surface area contributed by atoms with Gasteiger partial charge < -0.3 is 14.8 Å². The van der Waals surface area contributed by atoms with Crippen LogP contribution in [0.3, 0.4) is 0 Å². The van der Waals surface area contributed by atoms with E-state index in [0.29, 0.717) is 17.9 Å². The quantitative estimate of drug-likeness (QED) is 0.594. The van der Waals surface area contributed by atoms with Crippen LogP contribution in [0.4, 0.5) is 23.4 Å². The van der Waals surface area contributed by atoms with Crippen molar-refractivity contribution in [3.05, 3.63) is 76.0 Å². The van der Waals surface area contributed by atoms with Gasteiger partial charge in [-0.15, -0.1) is 0 Å². The first-order valence-electron chi connectivity index (χ1n) is 9.42. The molecule has 0 atom stereocenters. The number of rotatable bonds is 5. The van der Waals surface area contributed by atoms with Crippen molar-refractivity contribution >= 4 is 5.82 Å². The van der Waals surface area contributed by atoms with Crippen LogP contribution < -0.4 is 20.5 Å². The summed E-state index contributed by atoms with van der Waals surface area (Å²) in [6.45, 7) is 1.26. The minimum Gasteiger partial charge on any atom is -0.473 e. The Kier molecular flexibility index (Phi) is 5.53. The molecule has 1 aromatic heterocycles. The van der Waals surface area contributed by atoms with Gasteiger partial charge in [0.05, 0.1) is 5.56 Å². The standard InChI is InChI=1S/C21H17F4N3O3/c22-16-9-13(12-30-19-11-18-26-7-2-8-28(18)20(29)27-19)5-6-17(16)31-15-4-1-3-14(10-15)21(23,24)25/h1,3-6,9-11,26H,2,7-8,12H2. The lowest BCUT2D eigenvalue weighted by atomic mass is 10.2. The van der Waals surface area contributed by atoms with Gasteiger partial charge in [0, 0.05) is 19.2 Å². The van der Waals surface area contributed by atoms with Gasteiger partial charge in [0.1, 0.15) is 18.2 Å². The van der Waals surface area contributed by atoms with E-state index in [1.165, 1.54) is 28.8 Å². The van der Waals surface area contributed by atoms with Crippen LogP contribution in [0.5, 0.6) is 17.4 Å². The lowest BCUT2D eigenvalue weighted by Gasteiger charge is -2.19. The molecule has 6 nitrogen and oxygen atoms in total. The number of alkyl halides is 3. The van der Waals surface area contributed by atoms with E-state index in [9.17, 15) is 22.4 Å². The zero-order valence-electron chi connectivity index (χ0n) is 16.1. The van der Waals surface area contributed by atoms with Gasteiger partial charge in [-0.25, -0.2) is 9.18 Å². The molecule has 2 heterocycles. The third-order valence-electron chi connectivity index (χ3n) is 4.62. The number of aromatic nitrogens is 2. The first-order valence-corrected chi connectivity index (χ1v) is 9.42. The van der Waals surface area contributed by atoms with Gasteiger partial charge in [-0.3, -0.25) is 4.57 Å². The second kappa shape index (κ2) is 8.29. The Morgan fingerprint density at radius 1 is 1.13 bits per heavy atom. The Bertz CT molecular complexity index is 1160. The number of halogens is 4. The molecule has 1 aliphatic rings. The molecular formula is C21H17F4N3O3. The summed E-state index contributed by atoms with van der Waals surface area (Å²) in [5.74, 6) is -0.410. The minimum atomic E-state index is -4.53. The molecule has 0 bridgehead atoms. The monoisotopic (exact) mass is 435 g/mol. The molecule has 0 saturated carbocycles. The molecule has 1 N–H and O–H groups in total. The average molecular weight is 435 g/mol. The summed E-state index contributed by atoms with van der Waals surface area (Å²) >= 11 is 0. The highest BCUT2D eigenvalue weighted by Gasteiger charge is 2.30. The molecule has 0 unspecified atom stereocenters. The molecule has 3 aromatic rings. The molecule has 0 saturated heterocycles. The van der Waals surface area contributed by atoms with E-state index in [2.05, 4.69) is 10.3 Å². The molecular weight excluding hydrogens is 418 g/mol. The van der Waals surface area contributed by atoms with Crippen LogP contribution in [0.25, 0.3) is 0 Å². The number of nitrogens with one attached hydrogen (secondary N) is 1. The highest BCUT2D eigenvalue weighted by Crippen LogP contribution is 2.33. The molecule has 0 spiro atoms. The van der Waals surface area contributed by atoms with Crippen LogP contribution in [0, 0.1) is 5.82 Å². The van der Waals surface area contributed by atoms with Crippen molar-refractivity contribution in [3.8, 4) is 17.4 Å². The second-order valence-electron chi connectivity index (χ2n) is 6.88. The molecule has 0 amide bonds. The Morgan fingerprint density at radius 2 is 1.97 bits per heavy atom. The number of anilines is 1. The van der Waals surface area contributed by atoms with Crippen LogP contribution in [0.15, 0.2) is 53.3 Å². The Balaban J connectivity index is 1.45. The highest BCUT2D eigenvalue weighted by atomic mass is 19.4. The number of ether oxygens (including phenoxy) is 2. The van der Waals surface area contributed by atoms with Crippen LogP contribution >= 0.6 is 0 Å². The van der Waals surface area contributed by atoms with Gasteiger partial charge in [0.2, 0.25) is 5.88 Å². The third-order valence-corrected chi connectivity index (χ3v) is 4.62.